The van der Waals surface area contributed by atoms with Gasteiger partial charge in [0.05, 0.1) is 5.69 Å². The second-order valence-corrected chi connectivity index (χ2v) is 5.18. The van der Waals surface area contributed by atoms with E-state index >= 15 is 0 Å². The average Bonchev–Trinajstić information content (AvgIpc) is 2.23. The molecule has 0 radical (unpaired) electrons. The summed E-state index contributed by atoms with van der Waals surface area (Å²) in [6, 6.07) is 7.27. The monoisotopic (exact) mass is 222 g/mol. The molecule has 1 aromatic rings. The quantitative estimate of drug-likeness (QED) is 0.832. The molecule has 2 nitrogen and oxygen atoms in total. The first-order valence-electron chi connectivity index (χ1n) is 5.42. The van der Waals surface area contributed by atoms with E-state index in [2.05, 4.69) is 36.9 Å². The van der Waals surface area contributed by atoms with Crippen LogP contribution in [-0.4, -0.2) is 24.9 Å². The van der Waals surface area contributed by atoms with Crippen LogP contribution >= 0.6 is 11.8 Å². The molecule has 0 aliphatic carbocycles. The Morgan fingerprint density at radius 3 is 3.07 bits per heavy atom. The van der Waals surface area contributed by atoms with Crippen LogP contribution in [0.4, 0.5) is 5.69 Å². The Morgan fingerprint density at radius 1 is 1.53 bits per heavy atom. The van der Waals surface area contributed by atoms with Gasteiger partial charge in [-0.05, 0) is 31.5 Å². The summed E-state index contributed by atoms with van der Waals surface area (Å²) in [6.45, 7) is 6.10. The van der Waals surface area contributed by atoms with Crippen molar-refractivity contribution in [3.63, 3.8) is 0 Å². The molecule has 3 heteroatoms. The van der Waals surface area contributed by atoms with Gasteiger partial charge >= 0.3 is 0 Å². The topological polar surface area (TPSA) is 29.3 Å². The molecule has 0 amide bonds. The predicted octanol–water partition coefficient (Wildman–Crippen LogP) is 2.25. The van der Waals surface area contributed by atoms with Gasteiger partial charge in [0, 0.05) is 29.8 Å². The maximum Gasteiger partial charge on any atom is 0.0510 e. The molecule has 15 heavy (non-hydrogen) atoms. The van der Waals surface area contributed by atoms with Crippen LogP contribution in [0.2, 0.25) is 0 Å². The molecule has 2 rings (SSSR count). The van der Waals surface area contributed by atoms with Gasteiger partial charge in [-0.1, -0.05) is 6.07 Å². The van der Waals surface area contributed by atoms with E-state index < -0.39 is 0 Å². The smallest absolute Gasteiger partial charge is 0.0510 e. The minimum Gasteiger partial charge on any atom is -0.366 e. The van der Waals surface area contributed by atoms with E-state index in [1.165, 1.54) is 16.1 Å². The lowest BCUT2D eigenvalue weighted by Gasteiger charge is -2.36. The summed E-state index contributed by atoms with van der Waals surface area (Å²) in [4.78, 5) is 3.82. The molecule has 1 unspecified atom stereocenters. The summed E-state index contributed by atoms with van der Waals surface area (Å²) >= 11 is 1.95. The molecule has 0 spiro atoms. The van der Waals surface area contributed by atoms with Gasteiger partial charge in [0.2, 0.25) is 0 Å². The van der Waals surface area contributed by atoms with Crippen LogP contribution in [-0.2, 0) is 0 Å². The highest BCUT2D eigenvalue weighted by Gasteiger charge is 2.22. The van der Waals surface area contributed by atoms with E-state index in [9.17, 15) is 0 Å². The Balaban J connectivity index is 2.36. The van der Waals surface area contributed by atoms with Gasteiger partial charge in [0.1, 0.15) is 0 Å². The normalized spacial score (nSPS) is 20.2. The van der Waals surface area contributed by atoms with E-state index in [0.29, 0.717) is 6.04 Å². The van der Waals surface area contributed by atoms with Crippen LogP contribution in [0.1, 0.15) is 12.5 Å². The molecule has 82 valence electrons. The maximum atomic E-state index is 5.67. The van der Waals surface area contributed by atoms with E-state index in [0.717, 1.165) is 18.8 Å². The van der Waals surface area contributed by atoms with Crippen molar-refractivity contribution < 1.29 is 0 Å². The van der Waals surface area contributed by atoms with E-state index in [-0.39, 0.29) is 0 Å². The fourth-order valence-electron chi connectivity index (χ4n) is 1.99. The predicted molar refractivity (Wildman–Crippen MR) is 67.8 cm³/mol. The number of nitrogens with two attached hydrogens (primary N) is 1. The second-order valence-electron chi connectivity index (χ2n) is 4.11. The molecular formula is C12H18N2S. The zero-order valence-corrected chi connectivity index (χ0v) is 10.2. The van der Waals surface area contributed by atoms with Gasteiger partial charge in [-0.15, -0.1) is 11.8 Å². The van der Waals surface area contributed by atoms with Crippen molar-refractivity contribution in [2.45, 2.75) is 24.8 Å². The third-order valence-electron chi connectivity index (χ3n) is 2.81. The molecule has 0 saturated heterocycles. The fraction of sp³-hybridized carbons (Fsp3) is 0.500. The number of aryl methyl sites for hydroxylation is 1. The van der Waals surface area contributed by atoms with Crippen molar-refractivity contribution in [2.75, 3.05) is 23.7 Å². The zero-order chi connectivity index (χ0) is 10.8. The van der Waals surface area contributed by atoms with E-state index in [1.54, 1.807) is 0 Å². The summed E-state index contributed by atoms with van der Waals surface area (Å²) in [5.41, 5.74) is 8.36. The molecule has 0 fully saturated rings. The Labute approximate surface area is 95.8 Å². The maximum absolute atomic E-state index is 5.67. The summed E-state index contributed by atoms with van der Waals surface area (Å²) in [5, 5.41) is 0. The van der Waals surface area contributed by atoms with E-state index in [1.807, 2.05) is 11.8 Å². The Bertz CT molecular complexity index is 351. The number of hydrogen-bond acceptors (Lipinski definition) is 3. The first-order valence-corrected chi connectivity index (χ1v) is 6.41. The molecule has 1 heterocycles. The summed E-state index contributed by atoms with van der Waals surface area (Å²) < 4.78 is 0. The van der Waals surface area contributed by atoms with Gasteiger partial charge in [0.25, 0.3) is 0 Å². The Hall–Kier alpha value is -0.670. The molecule has 1 atom stereocenters. The van der Waals surface area contributed by atoms with Crippen LogP contribution in [0, 0.1) is 6.92 Å². The van der Waals surface area contributed by atoms with E-state index in [4.69, 9.17) is 5.73 Å². The van der Waals surface area contributed by atoms with Crippen LogP contribution in [0.15, 0.2) is 23.1 Å². The summed E-state index contributed by atoms with van der Waals surface area (Å²) in [7, 11) is 0. The van der Waals surface area contributed by atoms with Crippen LogP contribution < -0.4 is 10.6 Å². The molecule has 1 aliphatic heterocycles. The molecular weight excluding hydrogens is 204 g/mol. The molecule has 0 bridgehead atoms. The van der Waals surface area contributed by atoms with Crippen molar-refractivity contribution in [1.29, 1.82) is 0 Å². The fourth-order valence-corrected chi connectivity index (χ4v) is 3.08. The lowest BCUT2D eigenvalue weighted by atomic mass is 10.1. The molecule has 1 aromatic carbocycles. The first-order chi connectivity index (χ1) is 7.22. The lowest BCUT2D eigenvalue weighted by molar-refractivity contribution is 0.678. The van der Waals surface area contributed by atoms with Crippen molar-refractivity contribution in [3.8, 4) is 0 Å². The van der Waals surface area contributed by atoms with Crippen LogP contribution in [0.25, 0.3) is 0 Å². The number of hydrogen-bond donors (Lipinski definition) is 1. The number of thioether (sulfide) groups is 1. The second kappa shape index (κ2) is 4.45. The van der Waals surface area contributed by atoms with Crippen molar-refractivity contribution in [1.82, 2.24) is 0 Å². The van der Waals surface area contributed by atoms with Gasteiger partial charge < -0.3 is 10.6 Å². The third kappa shape index (κ3) is 2.13. The summed E-state index contributed by atoms with van der Waals surface area (Å²) in [5.74, 6) is 1.16. The first kappa shape index (κ1) is 10.8. The van der Waals surface area contributed by atoms with Gasteiger partial charge in [-0.25, -0.2) is 0 Å². The number of fused-ring (bicyclic) bond motifs is 1. The van der Waals surface area contributed by atoms with Crippen molar-refractivity contribution in [3.05, 3.63) is 23.8 Å². The Morgan fingerprint density at radius 2 is 2.33 bits per heavy atom. The van der Waals surface area contributed by atoms with Crippen LogP contribution in [0.3, 0.4) is 0 Å². The highest BCUT2D eigenvalue weighted by Crippen LogP contribution is 2.37. The Kier molecular flexibility index (Phi) is 3.22. The largest absolute Gasteiger partial charge is 0.366 e. The van der Waals surface area contributed by atoms with Gasteiger partial charge in [-0.3, -0.25) is 0 Å². The lowest BCUT2D eigenvalue weighted by Crippen LogP contribution is -2.40. The van der Waals surface area contributed by atoms with Crippen LogP contribution in [0.5, 0.6) is 0 Å². The number of anilines is 1. The highest BCUT2D eigenvalue weighted by atomic mass is 32.2. The SMILES string of the molecule is Cc1ccc2c(c1)N(CCN)C(C)CS2. The average molecular weight is 222 g/mol. The number of nitrogens with zero attached hydrogens (tertiary/aromatic N) is 1. The zero-order valence-electron chi connectivity index (χ0n) is 9.36. The molecule has 0 saturated carbocycles. The molecule has 2 N–H and O–H groups in total. The van der Waals surface area contributed by atoms with Crippen molar-refractivity contribution >= 4 is 17.4 Å². The summed E-state index contributed by atoms with van der Waals surface area (Å²) in [6.07, 6.45) is 0. The van der Waals surface area contributed by atoms with Gasteiger partial charge in [0.15, 0.2) is 0 Å². The third-order valence-corrected chi connectivity index (χ3v) is 4.11. The molecule has 1 aliphatic rings. The highest BCUT2D eigenvalue weighted by molar-refractivity contribution is 7.99. The van der Waals surface area contributed by atoms with Gasteiger partial charge in [-0.2, -0.15) is 0 Å². The number of benzene rings is 1. The van der Waals surface area contributed by atoms with Crippen molar-refractivity contribution in [2.24, 2.45) is 5.73 Å². The minimum absolute atomic E-state index is 0.591. The standard InChI is InChI=1S/C12H18N2S/c1-9-3-4-12-11(7-9)14(6-5-13)10(2)8-15-12/h3-4,7,10H,5-6,8,13H2,1-2H3. The number of rotatable bonds is 2. The molecule has 0 aromatic heterocycles. The minimum atomic E-state index is 0.591.